The van der Waals surface area contributed by atoms with Gasteiger partial charge in [0.05, 0.1) is 0 Å². The fourth-order valence-electron chi connectivity index (χ4n) is 2.84. The minimum absolute atomic E-state index is 0.562. The SMILES string of the molecule is CCCc1cccc(OC(=O)Oc2ccccc2CC)c1CCC. The van der Waals surface area contributed by atoms with E-state index in [0.717, 1.165) is 43.2 Å². The van der Waals surface area contributed by atoms with Crippen LogP contribution in [0, 0.1) is 0 Å². The minimum atomic E-state index is -0.679. The number of ether oxygens (including phenoxy) is 2. The Morgan fingerprint density at radius 3 is 2.12 bits per heavy atom. The van der Waals surface area contributed by atoms with E-state index in [2.05, 4.69) is 19.9 Å². The number of carbonyl (C=O) groups is 1. The van der Waals surface area contributed by atoms with E-state index in [1.54, 1.807) is 6.07 Å². The third kappa shape index (κ3) is 4.60. The second-order valence-electron chi connectivity index (χ2n) is 5.81. The van der Waals surface area contributed by atoms with E-state index in [1.165, 1.54) is 5.56 Å². The monoisotopic (exact) mass is 326 g/mol. The standard InChI is InChI=1S/C21H26O3/c1-4-10-17-13-9-15-20(18(17)11-5-2)24-21(22)23-19-14-8-7-12-16(19)6-3/h7-9,12-15H,4-6,10-11H2,1-3H3. The van der Waals surface area contributed by atoms with E-state index in [4.69, 9.17) is 9.47 Å². The molecule has 0 aliphatic rings. The summed E-state index contributed by atoms with van der Waals surface area (Å²) >= 11 is 0. The molecule has 0 atom stereocenters. The Labute approximate surface area is 144 Å². The van der Waals surface area contributed by atoms with Crippen molar-refractivity contribution >= 4 is 6.16 Å². The van der Waals surface area contributed by atoms with Crippen LogP contribution in [0.4, 0.5) is 4.79 Å². The first-order valence-electron chi connectivity index (χ1n) is 8.77. The van der Waals surface area contributed by atoms with Crippen molar-refractivity contribution in [1.82, 2.24) is 0 Å². The lowest BCUT2D eigenvalue weighted by Gasteiger charge is -2.14. The molecule has 128 valence electrons. The normalized spacial score (nSPS) is 10.5. The van der Waals surface area contributed by atoms with Gasteiger partial charge in [-0.3, -0.25) is 0 Å². The third-order valence-electron chi connectivity index (χ3n) is 3.99. The average Bonchev–Trinajstić information content (AvgIpc) is 2.58. The number of aryl methyl sites for hydroxylation is 2. The summed E-state index contributed by atoms with van der Waals surface area (Å²) in [7, 11) is 0. The van der Waals surface area contributed by atoms with Crippen molar-refractivity contribution in [3.8, 4) is 11.5 Å². The second-order valence-corrected chi connectivity index (χ2v) is 5.81. The molecule has 3 heteroatoms. The van der Waals surface area contributed by atoms with Crippen molar-refractivity contribution in [2.75, 3.05) is 0 Å². The fourth-order valence-corrected chi connectivity index (χ4v) is 2.84. The summed E-state index contributed by atoms with van der Waals surface area (Å²) in [5, 5.41) is 0. The van der Waals surface area contributed by atoms with Gasteiger partial charge in [0.15, 0.2) is 0 Å². The fraction of sp³-hybridized carbons (Fsp3) is 0.381. The predicted molar refractivity (Wildman–Crippen MR) is 96.9 cm³/mol. The molecule has 24 heavy (non-hydrogen) atoms. The highest BCUT2D eigenvalue weighted by Gasteiger charge is 2.15. The first-order valence-corrected chi connectivity index (χ1v) is 8.77. The van der Waals surface area contributed by atoms with Crippen LogP contribution < -0.4 is 9.47 Å². The molecule has 3 nitrogen and oxygen atoms in total. The van der Waals surface area contributed by atoms with E-state index in [9.17, 15) is 4.79 Å². The molecule has 0 saturated carbocycles. The van der Waals surface area contributed by atoms with Crippen LogP contribution >= 0.6 is 0 Å². The summed E-state index contributed by atoms with van der Waals surface area (Å²) in [6, 6.07) is 13.4. The molecule has 0 amide bonds. The zero-order valence-corrected chi connectivity index (χ0v) is 14.8. The average molecular weight is 326 g/mol. The summed E-state index contributed by atoms with van der Waals surface area (Å²) in [6.45, 7) is 6.31. The zero-order chi connectivity index (χ0) is 17.4. The van der Waals surface area contributed by atoms with Gasteiger partial charge in [0.25, 0.3) is 0 Å². The van der Waals surface area contributed by atoms with Gasteiger partial charge >= 0.3 is 6.16 Å². The van der Waals surface area contributed by atoms with Crippen LogP contribution in [-0.4, -0.2) is 6.16 Å². The summed E-state index contributed by atoms with van der Waals surface area (Å²) in [5.41, 5.74) is 3.35. The van der Waals surface area contributed by atoms with Crippen LogP contribution in [0.15, 0.2) is 42.5 Å². The lowest BCUT2D eigenvalue weighted by Crippen LogP contribution is -2.16. The van der Waals surface area contributed by atoms with Crippen molar-refractivity contribution in [3.05, 3.63) is 59.2 Å². The molecular weight excluding hydrogens is 300 g/mol. The van der Waals surface area contributed by atoms with Crippen molar-refractivity contribution in [1.29, 1.82) is 0 Å². The van der Waals surface area contributed by atoms with Gasteiger partial charge in [-0.1, -0.05) is 63.9 Å². The quantitative estimate of drug-likeness (QED) is 0.481. The highest BCUT2D eigenvalue weighted by Crippen LogP contribution is 2.26. The third-order valence-corrected chi connectivity index (χ3v) is 3.99. The summed E-state index contributed by atoms with van der Waals surface area (Å²) in [4.78, 5) is 12.2. The molecule has 0 radical (unpaired) electrons. The van der Waals surface area contributed by atoms with Crippen LogP contribution in [0.5, 0.6) is 11.5 Å². The maximum atomic E-state index is 12.2. The second kappa shape index (κ2) is 9.11. The van der Waals surface area contributed by atoms with Gasteiger partial charge in [-0.05, 0) is 48.1 Å². The molecule has 0 bridgehead atoms. The van der Waals surface area contributed by atoms with Crippen molar-refractivity contribution in [2.24, 2.45) is 0 Å². The van der Waals surface area contributed by atoms with Crippen LogP contribution in [-0.2, 0) is 19.3 Å². The molecule has 0 heterocycles. The molecule has 0 N–H and O–H groups in total. The number of para-hydroxylation sites is 1. The number of carbonyl (C=O) groups excluding carboxylic acids is 1. The van der Waals surface area contributed by atoms with Crippen molar-refractivity contribution < 1.29 is 14.3 Å². The predicted octanol–water partition coefficient (Wildman–Crippen LogP) is 5.73. The van der Waals surface area contributed by atoms with E-state index in [1.807, 2.05) is 37.3 Å². The summed E-state index contributed by atoms with van der Waals surface area (Å²) in [6.07, 6.45) is 4.07. The molecule has 0 saturated heterocycles. The van der Waals surface area contributed by atoms with Crippen LogP contribution in [0.25, 0.3) is 0 Å². The van der Waals surface area contributed by atoms with Crippen molar-refractivity contribution in [3.63, 3.8) is 0 Å². The van der Waals surface area contributed by atoms with E-state index in [0.29, 0.717) is 11.5 Å². The van der Waals surface area contributed by atoms with Crippen LogP contribution in [0.2, 0.25) is 0 Å². The molecule has 2 aromatic rings. The van der Waals surface area contributed by atoms with Gasteiger partial charge in [-0.25, -0.2) is 4.79 Å². The zero-order valence-electron chi connectivity index (χ0n) is 14.8. The Hall–Kier alpha value is -2.29. The molecule has 0 spiro atoms. The molecule has 2 rings (SSSR count). The maximum absolute atomic E-state index is 12.2. The molecule has 0 aliphatic heterocycles. The van der Waals surface area contributed by atoms with Gasteiger partial charge in [-0.2, -0.15) is 0 Å². The number of benzene rings is 2. The van der Waals surface area contributed by atoms with Crippen molar-refractivity contribution in [2.45, 2.75) is 52.9 Å². The Bertz CT molecular complexity index is 677. The highest BCUT2D eigenvalue weighted by molar-refractivity contribution is 5.68. The highest BCUT2D eigenvalue weighted by atomic mass is 16.7. The van der Waals surface area contributed by atoms with E-state index >= 15 is 0 Å². The lowest BCUT2D eigenvalue weighted by atomic mass is 9.99. The topological polar surface area (TPSA) is 35.5 Å². The molecule has 2 aromatic carbocycles. The van der Waals surface area contributed by atoms with Crippen LogP contribution in [0.1, 0.15) is 50.3 Å². The van der Waals surface area contributed by atoms with Gasteiger partial charge in [0, 0.05) is 0 Å². The first kappa shape index (κ1) is 18.1. The maximum Gasteiger partial charge on any atom is 0.519 e. The Balaban J connectivity index is 2.17. The lowest BCUT2D eigenvalue weighted by molar-refractivity contribution is 0.151. The number of hydrogen-bond acceptors (Lipinski definition) is 3. The summed E-state index contributed by atoms with van der Waals surface area (Å²) < 4.78 is 10.9. The minimum Gasteiger partial charge on any atom is -0.394 e. The Morgan fingerprint density at radius 1 is 0.792 bits per heavy atom. The molecule has 0 fully saturated rings. The number of rotatable bonds is 7. The van der Waals surface area contributed by atoms with Gasteiger partial charge in [-0.15, -0.1) is 0 Å². The van der Waals surface area contributed by atoms with Gasteiger partial charge in [0.2, 0.25) is 0 Å². The molecule has 0 aliphatic carbocycles. The molecule has 0 unspecified atom stereocenters. The molecular formula is C21H26O3. The van der Waals surface area contributed by atoms with Crippen LogP contribution in [0.3, 0.4) is 0 Å². The van der Waals surface area contributed by atoms with Gasteiger partial charge < -0.3 is 9.47 Å². The van der Waals surface area contributed by atoms with E-state index in [-0.39, 0.29) is 0 Å². The first-order chi connectivity index (χ1) is 11.7. The van der Waals surface area contributed by atoms with Gasteiger partial charge in [0.1, 0.15) is 11.5 Å². The largest absolute Gasteiger partial charge is 0.519 e. The smallest absolute Gasteiger partial charge is 0.394 e. The Morgan fingerprint density at radius 2 is 1.42 bits per heavy atom. The Kier molecular flexibility index (Phi) is 6.86. The molecule has 0 aromatic heterocycles. The number of hydrogen-bond donors (Lipinski definition) is 0. The van der Waals surface area contributed by atoms with E-state index < -0.39 is 6.16 Å². The summed E-state index contributed by atoms with van der Waals surface area (Å²) in [5.74, 6) is 1.17.